The van der Waals surface area contributed by atoms with Crippen molar-refractivity contribution in [2.24, 2.45) is 0 Å². The van der Waals surface area contributed by atoms with Gasteiger partial charge in [0.05, 0.1) is 47.6 Å². The third-order valence-corrected chi connectivity index (χ3v) is 8.17. The molecule has 6 rings (SSSR count). The lowest BCUT2D eigenvalue weighted by Gasteiger charge is -2.27. The maximum atomic E-state index is 16.4. The SMILES string of the molecule is O=C(c1ccccc1F)n1nc(-c2cc(-c3ccccn3)cn(CN3CCOCC3)c2=O)c(F)c1NCc1ccc(Cl)s1. The number of morpholine rings is 1. The molecule has 1 fully saturated rings. The molecule has 1 saturated heterocycles. The van der Waals surface area contributed by atoms with Crippen molar-refractivity contribution < 1.29 is 18.3 Å². The normalized spacial score (nSPS) is 13.7. The Hall–Kier alpha value is -4.23. The Bertz CT molecular complexity index is 1840. The van der Waals surface area contributed by atoms with Crippen molar-refractivity contribution in [2.75, 3.05) is 31.6 Å². The Kier molecular flexibility index (Phi) is 8.43. The van der Waals surface area contributed by atoms with Crippen LogP contribution in [0.5, 0.6) is 0 Å². The molecule has 0 unspecified atom stereocenters. The number of carbonyl (C=O) groups is 1. The van der Waals surface area contributed by atoms with E-state index in [0.29, 0.717) is 41.9 Å². The highest BCUT2D eigenvalue weighted by Gasteiger charge is 2.28. The van der Waals surface area contributed by atoms with Gasteiger partial charge < -0.3 is 14.6 Å². The highest BCUT2D eigenvalue weighted by atomic mass is 35.5. The lowest BCUT2D eigenvalue weighted by atomic mass is 10.1. The molecule has 0 spiro atoms. The molecular weight excluding hydrogens is 598 g/mol. The Morgan fingerprint density at radius 2 is 1.86 bits per heavy atom. The summed E-state index contributed by atoms with van der Waals surface area (Å²) in [5.41, 5.74) is -0.114. The number of aromatic nitrogens is 4. The van der Waals surface area contributed by atoms with E-state index in [4.69, 9.17) is 16.3 Å². The number of hydrogen-bond donors (Lipinski definition) is 1. The van der Waals surface area contributed by atoms with Crippen LogP contribution in [0.25, 0.3) is 22.5 Å². The standard InChI is InChI=1S/C30H25ClF2N6O3S/c31-25-9-8-20(43-25)16-35-28-26(33)27(36-39(28)30(41)21-5-1-2-6-23(21)32)22-15-19(24-7-3-4-10-34-24)17-38(29(22)40)18-37-11-13-42-14-12-37/h1-10,15,17,35H,11-14,16,18H2. The molecule has 5 aromatic rings. The minimum Gasteiger partial charge on any atom is -0.379 e. The lowest BCUT2D eigenvalue weighted by molar-refractivity contribution is 0.0229. The van der Waals surface area contributed by atoms with Crippen LogP contribution in [0.3, 0.4) is 0 Å². The first-order valence-corrected chi connectivity index (χ1v) is 14.6. The van der Waals surface area contributed by atoms with E-state index in [-0.39, 0.29) is 35.9 Å². The number of nitrogens with one attached hydrogen (secondary N) is 1. The van der Waals surface area contributed by atoms with E-state index in [1.165, 1.54) is 40.2 Å². The van der Waals surface area contributed by atoms with Gasteiger partial charge in [0, 0.05) is 35.9 Å². The van der Waals surface area contributed by atoms with Crippen LogP contribution >= 0.6 is 22.9 Å². The fourth-order valence-corrected chi connectivity index (χ4v) is 5.81. The number of thiophene rings is 1. The zero-order valence-electron chi connectivity index (χ0n) is 22.7. The van der Waals surface area contributed by atoms with Gasteiger partial charge in [-0.3, -0.25) is 19.5 Å². The summed E-state index contributed by atoms with van der Waals surface area (Å²) in [4.78, 5) is 34.6. The molecule has 13 heteroatoms. The van der Waals surface area contributed by atoms with Crippen molar-refractivity contribution in [1.82, 2.24) is 24.2 Å². The van der Waals surface area contributed by atoms with Gasteiger partial charge in [-0.15, -0.1) is 11.3 Å². The number of halogens is 3. The average Bonchev–Trinajstić information content (AvgIpc) is 3.59. The van der Waals surface area contributed by atoms with Crippen molar-refractivity contribution in [1.29, 1.82) is 0 Å². The Morgan fingerprint density at radius 1 is 1.07 bits per heavy atom. The summed E-state index contributed by atoms with van der Waals surface area (Å²) < 4.78 is 39.2. The molecule has 1 aliphatic heterocycles. The van der Waals surface area contributed by atoms with E-state index in [0.717, 1.165) is 15.6 Å². The van der Waals surface area contributed by atoms with Gasteiger partial charge in [0.2, 0.25) is 0 Å². The quantitative estimate of drug-likeness (QED) is 0.249. The average molecular weight is 623 g/mol. The summed E-state index contributed by atoms with van der Waals surface area (Å²) in [6, 6.07) is 15.7. The van der Waals surface area contributed by atoms with Crippen LogP contribution in [0.1, 0.15) is 15.2 Å². The summed E-state index contributed by atoms with van der Waals surface area (Å²) >= 11 is 7.34. The Balaban J connectivity index is 1.49. The van der Waals surface area contributed by atoms with Crippen LogP contribution in [-0.2, 0) is 18.0 Å². The fourth-order valence-electron chi connectivity index (χ4n) is 4.78. The van der Waals surface area contributed by atoms with Gasteiger partial charge in [0.1, 0.15) is 11.5 Å². The number of rotatable bonds is 8. The molecule has 220 valence electrons. The summed E-state index contributed by atoms with van der Waals surface area (Å²) in [5.74, 6) is -2.92. The van der Waals surface area contributed by atoms with Gasteiger partial charge in [-0.2, -0.15) is 9.78 Å². The molecule has 1 aromatic carbocycles. The number of benzene rings is 1. The van der Waals surface area contributed by atoms with Gasteiger partial charge in [0.25, 0.3) is 11.5 Å². The van der Waals surface area contributed by atoms with E-state index in [1.807, 2.05) is 4.90 Å². The molecule has 0 saturated carbocycles. The maximum absolute atomic E-state index is 16.4. The smallest absolute Gasteiger partial charge is 0.283 e. The molecule has 9 nitrogen and oxygen atoms in total. The summed E-state index contributed by atoms with van der Waals surface area (Å²) in [6.45, 7) is 2.65. The van der Waals surface area contributed by atoms with Crippen LogP contribution in [0.4, 0.5) is 14.6 Å². The number of hydrogen-bond acceptors (Lipinski definition) is 8. The van der Waals surface area contributed by atoms with Crippen molar-refractivity contribution >= 4 is 34.7 Å². The molecule has 0 aliphatic carbocycles. The van der Waals surface area contributed by atoms with E-state index in [9.17, 15) is 14.0 Å². The van der Waals surface area contributed by atoms with Gasteiger partial charge in [0.15, 0.2) is 11.6 Å². The van der Waals surface area contributed by atoms with Crippen LogP contribution < -0.4 is 10.9 Å². The topological polar surface area (TPSA) is 94.3 Å². The van der Waals surface area contributed by atoms with E-state index in [2.05, 4.69) is 15.4 Å². The first kappa shape index (κ1) is 28.9. The minimum atomic E-state index is -0.930. The predicted octanol–water partition coefficient (Wildman–Crippen LogP) is 5.36. The molecule has 0 amide bonds. The number of anilines is 1. The zero-order chi connectivity index (χ0) is 29.9. The molecule has 1 aliphatic rings. The molecule has 0 atom stereocenters. The van der Waals surface area contributed by atoms with Crippen LogP contribution in [0.15, 0.2) is 77.9 Å². The first-order valence-electron chi connectivity index (χ1n) is 13.4. The van der Waals surface area contributed by atoms with Gasteiger partial charge >= 0.3 is 0 Å². The molecular formula is C30H25ClF2N6O3S. The molecule has 43 heavy (non-hydrogen) atoms. The van der Waals surface area contributed by atoms with Crippen molar-refractivity contribution in [3.05, 3.63) is 110 Å². The third kappa shape index (κ3) is 6.13. The largest absolute Gasteiger partial charge is 0.379 e. The Labute approximate surface area is 253 Å². The van der Waals surface area contributed by atoms with Gasteiger partial charge in [-0.25, -0.2) is 8.78 Å². The fraction of sp³-hybridized carbons (Fsp3) is 0.200. The molecule has 1 N–H and O–H groups in total. The molecule has 0 bridgehead atoms. The second-order valence-electron chi connectivity index (χ2n) is 9.77. The minimum absolute atomic E-state index is 0.0729. The van der Waals surface area contributed by atoms with E-state index >= 15 is 4.39 Å². The summed E-state index contributed by atoms with van der Waals surface area (Å²) in [6.07, 6.45) is 3.29. The van der Waals surface area contributed by atoms with Crippen LogP contribution in [-0.4, -0.2) is 56.4 Å². The number of ether oxygens (including phenoxy) is 1. The zero-order valence-corrected chi connectivity index (χ0v) is 24.2. The van der Waals surface area contributed by atoms with Crippen LogP contribution in [0.2, 0.25) is 4.34 Å². The second kappa shape index (κ2) is 12.6. The summed E-state index contributed by atoms with van der Waals surface area (Å²) in [5, 5.41) is 7.18. The lowest BCUT2D eigenvalue weighted by Crippen LogP contribution is -2.40. The highest BCUT2D eigenvalue weighted by Crippen LogP contribution is 2.30. The van der Waals surface area contributed by atoms with Crippen molar-refractivity contribution in [3.63, 3.8) is 0 Å². The van der Waals surface area contributed by atoms with Gasteiger partial charge in [-0.1, -0.05) is 29.8 Å². The first-order chi connectivity index (χ1) is 20.9. The van der Waals surface area contributed by atoms with Crippen LogP contribution in [0, 0.1) is 11.6 Å². The highest BCUT2D eigenvalue weighted by molar-refractivity contribution is 7.16. The number of pyridine rings is 2. The maximum Gasteiger partial charge on any atom is 0.283 e. The monoisotopic (exact) mass is 622 g/mol. The molecule has 5 heterocycles. The molecule has 0 radical (unpaired) electrons. The van der Waals surface area contributed by atoms with Gasteiger partial charge in [-0.05, 0) is 42.5 Å². The van der Waals surface area contributed by atoms with E-state index in [1.54, 1.807) is 42.7 Å². The Morgan fingerprint density at radius 3 is 2.58 bits per heavy atom. The summed E-state index contributed by atoms with van der Waals surface area (Å²) in [7, 11) is 0. The van der Waals surface area contributed by atoms with Crippen molar-refractivity contribution in [2.45, 2.75) is 13.2 Å². The van der Waals surface area contributed by atoms with E-state index < -0.39 is 23.1 Å². The molecule has 4 aromatic heterocycles. The number of carbonyl (C=O) groups excluding carboxylic acids is 1. The van der Waals surface area contributed by atoms with Crippen molar-refractivity contribution in [3.8, 4) is 22.5 Å². The second-order valence-corrected chi connectivity index (χ2v) is 11.6. The number of nitrogens with zero attached hydrogens (tertiary/aromatic N) is 5. The predicted molar refractivity (Wildman–Crippen MR) is 160 cm³/mol. The third-order valence-electron chi connectivity index (χ3n) is 6.94.